The zero-order chi connectivity index (χ0) is 19.6. The summed E-state index contributed by atoms with van der Waals surface area (Å²) in [4.78, 5) is 26.7. The van der Waals surface area contributed by atoms with E-state index in [9.17, 15) is 9.59 Å². The first-order valence-electron chi connectivity index (χ1n) is 9.44. The van der Waals surface area contributed by atoms with Gasteiger partial charge in [0.15, 0.2) is 0 Å². The summed E-state index contributed by atoms with van der Waals surface area (Å²) in [6.07, 6.45) is 1.91. The van der Waals surface area contributed by atoms with E-state index in [-0.39, 0.29) is 17.9 Å². The smallest absolute Gasteiger partial charge is 0.312 e. The lowest BCUT2D eigenvalue weighted by Crippen LogP contribution is -2.38. The van der Waals surface area contributed by atoms with E-state index in [4.69, 9.17) is 0 Å². The average molecular weight is 365 g/mol. The molecule has 1 heterocycles. The molecule has 5 nitrogen and oxygen atoms in total. The van der Waals surface area contributed by atoms with Gasteiger partial charge < -0.3 is 15.5 Å². The molecule has 27 heavy (non-hydrogen) atoms. The van der Waals surface area contributed by atoms with Gasteiger partial charge in [-0.1, -0.05) is 26.0 Å². The summed E-state index contributed by atoms with van der Waals surface area (Å²) in [5.41, 5.74) is 5.80. The molecule has 0 spiro atoms. The number of hydrogen-bond acceptors (Lipinski definition) is 2. The second-order valence-corrected chi connectivity index (χ2v) is 7.47. The molecule has 142 valence electrons. The van der Waals surface area contributed by atoms with Crippen molar-refractivity contribution >= 4 is 29.0 Å². The number of benzene rings is 2. The van der Waals surface area contributed by atoms with Crippen molar-refractivity contribution in [3.8, 4) is 0 Å². The standard InChI is InChI=1S/C22H27N3O2/c1-14(2)21(26)25-11-5-6-17-8-10-19(13-20(17)25)24-22(27)23-18-9-7-15(3)16(4)12-18/h7-10,12-14H,5-6,11H2,1-4H3,(H2,23,24,27). The predicted octanol–water partition coefficient (Wildman–Crippen LogP) is 4.88. The third-order valence-electron chi connectivity index (χ3n) is 4.99. The van der Waals surface area contributed by atoms with Crippen LogP contribution in [0.1, 0.15) is 37.0 Å². The Bertz CT molecular complexity index is 874. The fourth-order valence-corrected chi connectivity index (χ4v) is 3.31. The molecule has 2 aromatic rings. The molecule has 0 unspecified atom stereocenters. The molecule has 0 saturated heterocycles. The molecular weight excluding hydrogens is 338 g/mol. The van der Waals surface area contributed by atoms with Crippen molar-refractivity contribution in [2.45, 2.75) is 40.5 Å². The quantitative estimate of drug-likeness (QED) is 0.814. The Kier molecular flexibility index (Phi) is 5.49. The Morgan fingerprint density at radius 2 is 1.63 bits per heavy atom. The molecule has 0 atom stereocenters. The van der Waals surface area contributed by atoms with Gasteiger partial charge >= 0.3 is 6.03 Å². The third-order valence-corrected chi connectivity index (χ3v) is 4.99. The third kappa shape index (κ3) is 4.30. The first-order valence-corrected chi connectivity index (χ1v) is 9.44. The van der Waals surface area contributed by atoms with Crippen LogP contribution >= 0.6 is 0 Å². The van der Waals surface area contributed by atoms with Crippen LogP contribution < -0.4 is 15.5 Å². The van der Waals surface area contributed by atoms with Crippen LogP contribution in [-0.2, 0) is 11.2 Å². The lowest BCUT2D eigenvalue weighted by atomic mass is 9.99. The van der Waals surface area contributed by atoms with E-state index < -0.39 is 0 Å². The van der Waals surface area contributed by atoms with Crippen LogP contribution in [0.25, 0.3) is 0 Å². The molecule has 3 amide bonds. The van der Waals surface area contributed by atoms with Crippen LogP contribution in [0.15, 0.2) is 36.4 Å². The number of nitrogens with one attached hydrogen (secondary N) is 2. The number of anilines is 3. The van der Waals surface area contributed by atoms with Crippen molar-refractivity contribution in [2.24, 2.45) is 5.92 Å². The summed E-state index contributed by atoms with van der Waals surface area (Å²) in [6, 6.07) is 11.3. The van der Waals surface area contributed by atoms with Gasteiger partial charge in [-0.3, -0.25) is 4.79 Å². The Balaban J connectivity index is 1.76. The van der Waals surface area contributed by atoms with Gasteiger partial charge in [-0.2, -0.15) is 0 Å². The number of urea groups is 1. The Hall–Kier alpha value is -2.82. The molecule has 2 aromatic carbocycles. The first-order chi connectivity index (χ1) is 12.8. The second-order valence-electron chi connectivity index (χ2n) is 7.47. The van der Waals surface area contributed by atoms with E-state index in [0.717, 1.165) is 41.9 Å². The number of amides is 3. The van der Waals surface area contributed by atoms with Crippen LogP contribution in [0, 0.1) is 19.8 Å². The molecule has 0 radical (unpaired) electrons. The second kappa shape index (κ2) is 7.82. The maximum absolute atomic E-state index is 12.5. The molecule has 1 aliphatic rings. The minimum Gasteiger partial charge on any atom is -0.312 e. The molecular formula is C22H27N3O2. The molecule has 0 fully saturated rings. The van der Waals surface area contributed by atoms with Crippen LogP contribution in [0.2, 0.25) is 0 Å². The van der Waals surface area contributed by atoms with Gasteiger partial charge in [0.05, 0.1) is 0 Å². The van der Waals surface area contributed by atoms with Crippen LogP contribution in [0.5, 0.6) is 0 Å². The van der Waals surface area contributed by atoms with E-state index in [1.807, 2.05) is 69.0 Å². The van der Waals surface area contributed by atoms with Crippen molar-refractivity contribution in [1.29, 1.82) is 0 Å². The van der Waals surface area contributed by atoms with Crippen LogP contribution in [-0.4, -0.2) is 18.5 Å². The Morgan fingerprint density at radius 3 is 2.30 bits per heavy atom. The summed E-state index contributed by atoms with van der Waals surface area (Å²) >= 11 is 0. The van der Waals surface area contributed by atoms with E-state index in [2.05, 4.69) is 10.6 Å². The molecule has 2 N–H and O–H groups in total. The van der Waals surface area contributed by atoms with Crippen molar-refractivity contribution in [2.75, 3.05) is 22.1 Å². The normalized spacial score (nSPS) is 13.3. The lowest BCUT2D eigenvalue weighted by Gasteiger charge is -2.31. The van der Waals surface area contributed by atoms with Gasteiger partial charge in [0.25, 0.3) is 0 Å². The largest absolute Gasteiger partial charge is 0.323 e. The SMILES string of the molecule is Cc1ccc(NC(=O)Nc2ccc3c(c2)N(C(=O)C(C)C)CCC3)cc1C. The Morgan fingerprint density at radius 1 is 0.963 bits per heavy atom. The topological polar surface area (TPSA) is 61.4 Å². The van der Waals surface area contributed by atoms with Crippen molar-refractivity contribution in [1.82, 2.24) is 0 Å². The predicted molar refractivity (Wildman–Crippen MR) is 111 cm³/mol. The number of nitrogens with zero attached hydrogens (tertiary/aromatic N) is 1. The van der Waals surface area contributed by atoms with Crippen molar-refractivity contribution in [3.05, 3.63) is 53.1 Å². The van der Waals surface area contributed by atoms with E-state index in [1.54, 1.807) is 0 Å². The lowest BCUT2D eigenvalue weighted by molar-refractivity contribution is -0.121. The highest BCUT2D eigenvalue weighted by Crippen LogP contribution is 2.31. The van der Waals surface area contributed by atoms with E-state index in [1.165, 1.54) is 5.56 Å². The first kappa shape index (κ1) is 19.0. The maximum Gasteiger partial charge on any atom is 0.323 e. The zero-order valence-electron chi connectivity index (χ0n) is 16.4. The number of aryl methyl sites for hydroxylation is 3. The summed E-state index contributed by atoms with van der Waals surface area (Å²) in [7, 11) is 0. The number of hydrogen-bond donors (Lipinski definition) is 2. The highest BCUT2D eigenvalue weighted by Gasteiger charge is 2.24. The molecule has 1 aliphatic heterocycles. The number of fused-ring (bicyclic) bond motifs is 1. The Labute approximate surface area is 160 Å². The van der Waals surface area contributed by atoms with Gasteiger partial charge in [-0.15, -0.1) is 0 Å². The van der Waals surface area contributed by atoms with Gasteiger partial charge in [0.2, 0.25) is 5.91 Å². The molecule has 0 bridgehead atoms. The fraction of sp³-hybridized carbons (Fsp3) is 0.364. The summed E-state index contributed by atoms with van der Waals surface area (Å²) < 4.78 is 0. The molecule has 3 rings (SSSR count). The van der Waals surface area contributed by atoms with Crippen molar-refractivity contribution in [3.63, 3.8) is 0 Å². The van der Waals surface area contributed by atoms with Crippen LogP contribution in [0.3, 0.4) is 0 Å². The highest BCUT2D eigenvalue weighted by atomic mass is 16.2. The molecule has 0 aliphatic carbocycles. The molecule has 5 heteroatoms. The molecule has 0 aromatic heterocycles. The minimum atomic E-state index is -0.296. The molecule has 0 saturated carbocycles. The summed E-state index contributed by atoms with van der Waals surface area (Å²) in [5, 5.41) is 5.74. The maximum atomic E-state index is 12.5. The van der Waals surface area contributed by atoms with Gasteiger partial charge in [-0.05, 0) is 67.6 Å². The summed E-state index contributed by atoms with van der Waals surface area (Å²) in [5.74, 6) is 0.0633. The van der Waals surface area contributed by atoms with Gasteiger partial charge in [0, 0.05) is 29.5 Å². The zero-order valence-corrected chi connectivity index (χ0v) is 16.4. The van der Waals surface area contributed by atoms with Gasteiger partial charge in [0.1, 0.15) is 0 Å². The summed E-state index contributed by atoms with van der Waals surface area (Å²) in [6.45, 7) is 8.60. The number of carbonyl (C=O) groups excluding carboxylic acids is 2. The van der Waals surface area contributed by atoms with E-state index >= 15 is 0 Å². The number of carbonyl (C=O) groups is 2. The monoisotopic (exact) mass is 365 g/mol. The average Bonchev–Trinajstić information content (AvgIpc) is 2.63. The van der Waals surface area contributed by atoms with Crippen LogP contribution in [0.4, 0.5) is 21.9 Å². The highest BCUT2D eigenvalue weighted by molar-refractivity contribution is 6.01. The van der Waals surface area contributed by atoms with E-state index in [0.29, 0.717) is 5.69 Å². The number of rotatable bonds is 3. The minimum absolute atomic E-state index is 0.0550. The van der Waals surface area contributed by atoms with Gasteiger partial charge in [-0.25, -0.2) is 4.79 Å². The van der Waals surface area contributed by atoms with Crippen molar-refractivity contribution < 1.29 is 9.59 Å². The fourth-order valence-electron chi connectivity index (χ4n) is 3.31.